The van der Waals surface area contributed by atoms with Crippen molar-refractivity contribution >= 4 is 23.1 Å². The number of Topliss-reactive ketones (excluding diaryl/α,β-unsaturated/α-hetero) is 1. The van der Waals surface area contributed by atoms with Crippen molar-refractivity contribution in [1.29, 1.82) is 0 Å². The van der Waals surface area contributed by atoms with Crippen LogP contribution < -0.4 is 10.2 Å². The summed E-state index contributed by atoms with van der Waals surface area (Å²) in [6, 6.07) is 15.4. The van der Waals surface area contributed by atoms with Crippen LogP contribution in [0.5, 0.6) is 0 Å². The van der Waals surface area contributed by atoms with Crippen molar-refractivity contribution in [2.45, 2.75) is 26.8 Å². The minimum Gasteiger partial charge on any atom is -0.369 e. The summed E-state index contributed by atoms with van der Waals surface area (Å²) < 4.78 is 0. The number of carbonyl (C=O) groups excluding carboxylic acids is 2. The normalized spacial score (nSPS) is 16.0. The fourth-order valence-corrected chi connectivity index (χ4v) is 3.39. The number of ketones is 1. The number of piperazine rings is 1. The summed E-state index contributed by atoms with van der Waals surface area (Å²) in [5.74, 6) is 0.00214. The highest BCUT2D eigenvalue weighted by Crippen LogP contribution is 2.19. The van der Waals surface area contributed by atoms with Crippen molar-refractivity contribution in [2.75, 3.05) is 36.4 Å². The Balaban J connectivity index is 1.54. The Morgan fingerprint density at radius 2 is 1.67 bits per heavy atom. The second-order valence-corrected chi connectivity index (χ2v) is 7.16. The van der Waals surface area contributed by atoms with Gasteiger partial charge in [0, 0.05) is 43.1 Å². The highest BCUT2D eigenvalue weighted by Gasteiger charge is 2.25. The highest BCUT2D eigenvalue weighted by molar-refractivity contribution is 5.97. The lowest BCUT2D eigenvalue weighted by atomic mass is 10.1. The molecule has 1 saturated heterocycles. The number of carbonyl (C=O) groups is 2. The van der Waals surface area contributed by atoms with E-state index in [-0.39, 0.29) is 17.7 Å². The van der Waals surface area contributed by atoms with Crippen molar-refractivity contribution in [1.82, 2.24) is 4.90 Å². The molecule has 0 bridgehead atoms. The molecule has 5 nitrogen and oxygen atoms in total. The van der Waals surface area contributed by atoms with Crippen LogP contribution in [0.3, 0.4) is 0 Å². The molecule has 1 N–H and O–H groups in total. The monoisotopic (exact) mass is 365 g/mol. The van der Waals surface area contributed by atoms with E-state index >= 15 is 0 Å². The Morgan fingerprint density at radius 3 is 2.26 bits per heavy atom. The molecule has 0 aliphatic carbocycles. The zero-order valence-corrected chi connectivity index (χ0v) is 16.2. The first kappa shape index (κ1) is 19.1. The van der Waals surface area contributed by atoms with Crippen LogP contribution in [0, 0.1) is 6.92 Å². The minimum absolute atomic E-state index is 0.0189. The molecule has 2 aromatic rings. The van der Waals surface area contributed by atoms with E-state index in [1.54, 1.807) is 24.3 Å². The first-order chi connectivity index (χ1) is 12.9. The number of benzene rings is 2. The fraction of sp³-hybridized carbons (Fsp3) is 0.364. The maximum absolute atomic E-state index is 12.6. The summed E-state index contributed by atoms with van der Waals surface area (Å²) in [6.45, 7) is 9.11. The lowest BCUT2D eigenvalue weighted by molar-refractivity contribution is -0.120. The van der Waals surface area contributed by atoms with E-state index in [1.807, 2.05) is 6.92 Å². The van der Waals surface area contributed by atoms with Gasteiger partial charge >= 0.3 is 0 Å². The van der Waals surface area contributed by atoms with Crippen LogP contribution in [0.25, 0.3) is 0 Å². The Labute approximate surface area is 161 Å². The van der Waals surface area contributed by atoms with Gasteiger partial charge in [-0.3, -0.25) is 14.5 Å². The molecule has 1 atom stereocenters. The van der Waals surface area contributed by atoms with Crippen LogP contribution in [0.1, 0.15) is 29.8 Å². The summed E-state index contributed by atoms with van der Waals surface area (Å²) in [7, 11) is 0. The summed E-state index contributed by atoms with van der Waals surface area (Å²) >= 11 is 0. The molecule has 0 aromatic heterocycles. The first-order valence-corrected chi connectivity index (χ1v) is 9.41. The van der Waals surface area contributed by atoms with Gasteiger partial charge in [0.05, 0.1) is 6.04 Å². The van der Waals surface area contributed by atoms with Crippen molar-refractivity contribution < 1.29 is 9.59 Å². The average Bonchev–Trinajstić information content (AvgIpc) is 2.68. The third-order valence-corrected chi connectivity index (χ3v) is 5.17. The summed E-state index contributed by atoms with van der Waals surface area (Å²) in [6.07, 6.45) is 0. The second kappa shape index (κ2) is 8.35. The van der Waals surface area contributed by atoms with Crippen molar-refractivity contribution in [3.8, 4) is 0 Å². The number of anilines is 2. The minimum atomic E-state index is -0.197. The van der Waals surface area contributed by atoms with E-state index in [0.717, 1.165) is 31.9 Å². The molecule has 1 fully saturated rings. The van der Waals surface area contributed by atoms with Crippen molar-refractivity contribution in [3.63, 3.8) is 0 Å². The second-order valence-electron chi connectivity index (χ2n) is 7.16. The van der Waals surface area contributed by atoms with Crippen LogP contribution in [0.15, 0.2) is 48.5 Å². The molecule has 0 unspecified atom stereocenters. The predicted octanol–water partition coefficient (Wildman–Crippen LogP) is 3.35. The molecule has 0 spiro atoms. The molecule has 142 valence electrons. The van der Waals surface area contributed by atoms with Gasteiger partial charge < -0.3 is 10.2 Å². The predicted molar refractivity (Wildman–Crippen MR) is 110 cm³/mol. The van der Waals surface area contributed by atoms with Crippen LogP contribution in [-0.2, 0) is 4.79 Å². The fourth-order valence-electron chi connectivity index (χ4n) is 3.39. The lowest BCUT2D eigenvalue weighted by Crippen LogP contribution is -2.52. The van der Waals surface area contributed by atoms with E-state index < -0.39 is 0 Å². The quantitative estimate of drug-likeness (QED) is 0.826. The van der Waals surface area contributed by atoms with E-state index in [4.69, 9.17) is 0 Å². The van der Waals surface area contributed by atoms with Gasteiger partial charge in [0.25, 0.3) is 0 Å². The first-order valence-electron chi connectivity index (χ1n) is 9.41. The van der Waals surface area contributed by atoms with E-state index in [0.29, 0.717) is 5.56 Å². The van der Waals surface area contributed by atoms with Crippen molar-refractivity contribution in [3.05, 3.63) is 59.7 Å². The largest absolute Gasteiger partial charge is 0.369 e. The van der Waals surface area contributed by atoms with Crippen LogP contribution >= 0.6 is 0 Å². The Bertz CT molecular complexity index is 809. The molecular weight excluding hydrogens is 338 g/mol. The van der Waals surface area contributed by atoms with Crippen LogP contribution in [0.4, 0.5) is 11.4 Å². The SMILES string of the molecule is CC(=O)c1ccc(NC(=O)[C@@H](C)N2CCN(c3cccc(C)c3)CC2)cc1. The van der Waals surface area contributed by atoms with Gasteiger partial charge in [-0.2, -0.15) is 0 Å². The van der Waals surface area contributed by atoms with Gasteiger partial charge in [-0.1, -0.05) is 12.1 Å². The third-order valence-electron chi connectivity index (χ3n) is 5.17. The van der Waals surface area contributed by atoms with E-state index in [1.165, 1.54) is 18.2 Å². The molecule has 27 heavy (non-hydrogen) atoms. The molecule has 1 aliphatic rings. The smallest absolute Gasteiger partial charge is 0.241 e. The molecule has 2 aromatic carbocycles. The number of nitrogens with one attached hydrogen (secondary N) is 1. The Hall–Kier alpha value is -2.66. The highest BCUT2D eigenvalue weighted by atomic mass is 16.2. The van der Waals surface area contributed by atoms with Gasteiger partial charge in [0.15, 0.2) is 5.78 Å². The number of hydrogen-bond donors (Lipinski definition) is 1. The van der Waals surface area contributed by atoms with Gasteiger partial charge in [0.2, 0.25) is 5.91 Å². The third kappa shape index (κ3) is 4.74. The summed E-state index contributed by atoms with van der Waals surface area (Å²) in [5.41, 5.74) is 3.87. The summed E-state index contributed by atoms with van der Waals surface area (Å²) in [4.78, 5) is 28.5. The van der Waals surface area contributed by atoms with Crippen LogP contribution in [0.2, 0.25) is 0 Å². The zero-order chi connectivity index (χ0) is 19.4. The Kier molecular flexibility index (Phi) is 5.91. The molecule has 3 rings (SSSR count). The molecule has 1 amide bonds. The maximum atomic E-state index is 12.6. The lowest BCUT2D eigenvalue weighted by Gasteiger charge is -2.38. The number of rotatable bonds is 5. The molecular formula is C22H27N3O2. The molecule has 1 aliphatic heterocycles. The number of hydrogen-bond acceptors (Lipinski definition) is 4. The molecule has 0 saturated carbocycles. The Morgan fingerprint density at radius 1 is 1.00 bits per heavy atom. The molecule has 0 radical (unpaired) electrons. The van der Waals surface area contributed by atoms with E-state index in [2.05, 4.69) is 46.3 Å². The van der Waals surface area contributed by atoms with E-state index in [9.17, 15) is 9.59 Å². The van der Waals surface area contributed by atoms with Gasteiger partial charge in [0.1, 0.15) is 0 Å². The van der Waals surface area contributed by atoms with Crippen LogP contribution in [-0.4, -0.2) is 48.8 Å². The van der Waals surface area contributed by atoms with Gasteiger partial charge in [-0.15, -0.1) is 0 Å². The maximum Gasteiger partial charge on any atom is 0.241 e. The summed E-state index contributed by atoms with van der Waals surface area (Å²) in [5, 5.41) is 2.95. The molecule has 5 heteroatoms. The van der Waals surface area contributed by atoms with Crippen molar-refractivity contribution in [2.24, 2.45) is 0 Å². The van der Waals surface area contributed by atoms with Gasteiger partial charge in [-0.05, 0) is 62.7 Å². The topological polar surface area (TPSA) is 52.7 Å². The number of nitrogens with zero attached hydrogens (tertiary/aromatic N) is 2. The number of amides is 1. The average molecular weight is 365 g/mol. The molecule has 1 heterocycles. The zero-order valence-electron chi connectivity index (χ0n) is 16.2. The standard InChI is InChI=1S/C22H27N3O2/c1-16-5-4-6-21(15-16)25-13-11-24(12-14-25)17(2)22(27)23-20-9-7-19(8-10-20)18(3)26/h4-10,15,17H,11-14H2,1-3H3,(H,23,27)/t17-/m1/s1. The van der Waals surface area contributed by atoms with Gasteiger partial charge in [-0.25, -0.2) is 0 Å². The number of aryl methyl sites for hydroxylation is 1.